The molecule has 0 aliphatic carbocycles. The number of pyridine rings is 1. The first-order valence-electron chi connectivity index (χ1n) is 5.60. The monoisotopic (exact) mass is 297 g/mol. The number of hydrogen-bond acceptors (Lipinski definition) is 3. The molecule has 0 unspecified atom stereocenters. The van der Waals surface area contributed by atoms with Gasteiger partial charge in [0.2, 0.25) is 5.91 Å². The normalized spacial score (nSPS) is 10.3. The van der Waals surface area contributed by atoms with Crippen LogP contribution in [0.25, 0.3) is 0 Å². The second-order valence-corrected chi connectivity index (χ2v) is 4.46. The first-order chi connectivity index (χ1) is 9.45. The lowest BCUT2D eigenvalue weighted by Crippen LogP contribution is -2.16. The molecule has 3 N–H and O–H groups in total. The van der Waals surface area contributed by atoms with Crippen LogP contribution in [0.3, 0.4) is 0 Å². The van der Waals surface area contributed by atoms with Gasteiger partial charge in [0.1, 0.15) is 5.82 Å². The molecule has 2 rings (SSSR count). The molecule has 0 spiro atoms. The van der Waals surface area contributed by atoms with Crippen LogP contribution in [0, 0.1) is 11.6 Å². The summed E-state index contributed by atoms with van der Waals surface area (Å²) in [6.45, 7) is 0. The summed E-state index contributed by atoms with van der Waals surface area (Å²) in [4.78, 5) is 15.7. The Balaban J connectivity index is 2.10. The van der Waals surface area contributed by atoms with Crippen LogP contribution < -0.4 is 11.1 Å². The van der Waals surface area contributed by atoms with Gasteiger partial charge in [0.25, 0.3) is 0 Å². The zero-order valence-electron chi connectivity index (χ0n) is 10.2. The molecule has 7 heteroatoms. The van der Waals surface area contributed by atoms with Crippen molar-refractivity contribution in [1.82, 2.24) is 4.98 Å². The number of aromatic nitrogens is 1. The van der Waals surface area contributed by atoms with Crippen LogP contribution in [0.5, 0.6) is 0 Å². The van der Waals surface area contributed by atoms with Crippen LogP contribution in [0.15, 0.2) is 30.5 Å². The first kappa shape index (κ1) is 14.2. The van der Waals surface area contributed by atoms with Crippen molar-refractivity contribution in [2.24, 2.45) is 0 Å². The van der Waals surface area contributed by atoms with Crippen molar-refractivity contribution in [2.45, 2.75) is 6.42 Å². The Bertz CT molecular complexity index is 624. The third-order valence-electron chi connectivity index (χ3n) is 2.46. The van der Waals surface area contributed by atoms with E-state index in [4.69, 9.17) is 17.3 Å². The largest absolute Gasteiger partial charge is 0.397 e. The molecule has 1 amide bonds. The van der Waals surface area contributed by atoms with Crippen molar-refractivity contribution in [1.29, 1.82) is 0 Å². The van der Waals surface area contributed by atoms with Crippen molar-refractivity contribution in [3.05, 3.63) is 52.8 Å². The summed E-state index contributed by atoms with van der Waals surface area (Å²) in [7, 11) is 0. The van der Waals surface area contributed by atoms with Crippen LogP contribution >= 0.6 is 11.6 Å². The van der Waals surface area contributed by atoms with Gasteiger partial charge in [0.05, 0.1) is 29.0 Å². The number of nitrogens with two attached hydrogens (primary N) is 1. The molecule has 0 saturated carbocycles. The number of rotatable bonds is 3. The molecule has 1 aromatic carbocycles. The number of nitrogens with zero attached hydrogens (tertiary/aromatic N) is 1. The summed E-state index contributed by atoms with van der Waals surface area (Å²) in [5.41, 5.74) is 6.16. The van der Waals surface area contributed by atoms with Gasteiger partial charge in [-0.3, -0.25) is 9.78 Å². The van der Waals surface area contributed by atoms with Gasteiger partial charge in [0, 0.05) is 11.8 Å². The van der Waals surface area contributed by atoms with E-state index in [1.165, 1.54) is 6.20 Å². The molecule has 1 aromatic heterocycles. The highest BCUT2D eigenvalue weighted by Gasteiger charge is 2.13. The Hall–Kier alpha value is -2.21. The molecule has 2 aromatic rings. The zero-order chi connectivity index (χ0) is 14.7. The van der Waals surface area contributed by atoms with Gasteiger partial charge >= 0.3 is 0 Å². The Labute approximate surface area is 118 Å². The average molecular weight is 298 g/mol. The van der Waals surface area contributed by atoms with E-state index in [1.54, 1.807) is 12.1 Å². The van der Waals surface area contributed by atoms with Gasteiger partial charge in [-0.2, -0.15) is 0 Å². The zero-order valence-corrected chi connectivity index (χ0v) is 10.9. The number of anilines is 2. The number of halogens is 3. The van der Waals surface area contributed by atoms with E-state index in [0.717, 1.165) is 6.07 Å². The van der Waals surface area contributed by atoms with Crippen LogP contribution in [0.2, 0.25) is 5.02 Å². The maximum atomic E-state index is 13.5. The van der Waals surface area contributed by atoms with E-state index < -0.39 is 17.5 Å². The van der Waals surface area contributed by atoms with Gasteiger partial charge in [-0.25, -0.2) is 8.78 Å². The van der Waals surface area contributed by atoms with E-state index in [-0.39, 0.29) is 17.1 Å². The standard InChI is InChI=1S/C13H10ClF2N3O/c14-10-3-7(15)4-11(16)13(10)19-12(20)5-9-2-1-8(17)6-18-9/h1-4,6H,5,17H2,(H,19,20). The quantitative estimate of drug-likeness (QED) is 0.915. The summed E-state index contributed by atoms with van der Waals surface area (Å²) in [6, 6.07) is 4.74. The molecule has 0 aliphatic heterocycles. The van der Waals surface area contributed by atoms with Crippen molar-refractivity contribution >= 4 is 28.9 Å². The Morgan fingerprint density at radius 3 is 2.70 bits per heavy atom. The van der Waals surface area contributed by atoms with Gasteiger partial charge in [0.15, 0.2) is 5.82 Å². The lowest BCUT2D eigenvalue weighted by Gasteiger charge is -2.08. The molecule has 1 heterocycles. The van der Waals surface area contributed by atoms with Crippen molar-refractivity contribution < 1.29 is 13.6 Å². The molecular formula is C13H10ClF2N3O. The number of hydrogen-bond donors (Lipinski definition) is 2. The number of nitrogens with one attached hydrogen (secondary N) is 1. The number of amides is 1. The Morgan fingerprint density at radius 2 is 2.10 bits per heavy atom. The molecule has 0 radical (unpaired) electrons. The van der Waals surface area contributed by atoms with E-state index in [1.807, 2.05) is 0 Å². The number of nitrogen functional groups attached to an aromatic ring is 1. The molecule has 0 bridgehead atoms. The first-order valence-corrected chi connectivity index (χ1v) is 5.98. The highest BCUT2D eigenvalue weighted by atomic mass is 35.5. The minimum absolute atomic E-state index is 0.0760. The maximum Gasteiger partial charge on any atom is 0.230 e. The number of carbonyl (C=O) groups excluding carboxylic acids is 1. The van der Waals surface area contributed by atoms with Crippen LogP contribution in [-0.2, 0) is 11.2 Å². The van der Waals surface area contributed by atoms with E-state index in [2.05, 4.69) is 10.3 Å². The lowest BCUT2D eigenvalue weighted by molar-refractivity contribution is -0.115. The van der Waals surface area contributed by atoms with Crippen molar-refractivity contribution in [2.75, 3.05) is 11.1 Å². The number of carbonyl (C=O) groups is 1. The van der Waals surface area contributed by atoms with Gasteiger partial charge < -0.3 is 11.1 Å². The third kappa shape index (κ3) is 3.42. The highest BCUT2D eigenvalue weighted by molar-refractivity contribution is 6.33. The molecule has 20 heavy (non-hydrogen) atoms. The van der Waals surface area contributed by atoms with Crippen molar-refractivity contribution in [3.8, 4) is 0 Å². The molecule has 0 saturated heterocycles. The van der Waals surface area contributed by atoms with E-state index in [0.29, 0.717) is 17.4 Å². The smallest absolute Gasteiger partial charge is 0.230 e. The molecule has 104 valence electrons. The highest BCUT2D eigenvalue weighted by Crippen LogP contribution is 2.26. The summed E-state index contributed by atoms with van der Waals surface area (Å²) in [5, 5.41) is 2.08. The Kier molecular flexibility index (Phi) is 4.14. The minimum atomic E-state index is -0.936. The van der Waals surface area contributed by atoms with Gasteiger partial charge in [-0.1, -0.05) is 11.6 Å². The fourth-order valence-corrected chi connectivity index (χ4v) is 1.79. The van der Waals surface area contributed by atoms with Crippen LogP contribution in [0.4, 0.5) is 20.2 Å². The predicted molar refractivity (Wildman–Crippen MR) is 72.4 cm³/mol. The SMILES string of the molecule is Nc1ccc(CC(=O)Nc2c(F)cc(F)cc2Cl)nc1. The fourth-order valence-electron chi connectivity index (χ4n) is 1.55. The Morgan fingerprint density at radius 1 is 1.35 bits per heavy atom. The van der Waals surface area contributed by atoms with Crippen LogP contribution in [0.1, 0.15) is 5.69 Å². The van der Waals surface area contributed by atoms with Gasteiger partial charge in [-0.15, -0.1) is 0 Å². The van der Waals surface area contributed by atoms with Gasteiger partial charge in [-0.05, 0) is 18.2 Å². The minimum Gasteiger partial charge on any atom is -0.397 e. The van der Waals surface area contributed by atoms with Crippen molar-refractivity contribution in [3.63, 3.8) is 0 Å². The van der Waals surface area contributed by atoms with Crippen LogP contribution in [-0.4, -0.2) is 10.9 Å². The number of benzene rings is 1. The summed E-state index contributed by atoms with van der Waals surface area (Å²) >= 11 is 5.68. The average Bonchev–Trinajstić information content (AvgIpc) is 2.36. The molecule has 0 fully saturated rings. The second-order valence-electron chi connectivity index (χ2n) is 4.05. The topological polar surface area (TPSA) is 68.0 Å². The molecular weight excluding hydrogens is 288 g/mol. The maximum absolute atomic E-state index is 13.5. The molecule has 0 aliphatic rings. The third-order valence-corrected chi connectivity index (χ3v) is 2.76. The molecule has 4 nitrogen and oxygen atoms in total. The predicted octanol–water partition coefficient (Wildman–Crippen LogP) is 2.78. The molecule has 0 atom stereocenters. The fraction of sp³-hybridized carbons (Fsp3) is 0.0769. The van der Waals surface area contributed by atoms with E-state index >= 15 is 0 Å². The summed E-state index contributed by atoms with van der Waals surface area (Å²) in [5.74, 6) is -2.27. The summed E-state index contributed by atoms with van der Waals surface area (Å²) in [6.07, 6.45) is 1.33. The van der Waals surface area contributed by atoms with E-state index in [9.17, 15) is 13.6 Å². The second kappa shape index (κ2) is 5.83. The summed E-state index contributed by atoms with van der Waals surface area (Å²) < 4.78 is 26.4. The lowest BCUT2D eigenvalue weighted by atomic mass is 10.2.